The highest BCUT2D eigenvalue weighted by Crippen LogP contribution is 2.41. The fourth-order valence-electron chi connectivity index (χ4n) is 8.70. The van der Waals surface area contributed by atoms with Gasteiger partial charge in [-0.3, -0.25) is 24.6 Å². The standard InChI is InChI=1S/C40H39F3N8O2S/c1-4-27-30(42)10-9-24-7-5-8-28(33(24)27)35-34(43)36-29(20-46-35)37(48-39(47-36)53-22-40-12-6-15-50(40)21-25(41)18-40)49(3)31-11-16-51(23(31)2)38(52)32(54)17-26-19-44-13-14-45-26/h1,5,7-10,13-14,19-20,23,25,31-32,54H,6,11-12,15-18,21-22H2,2-3H3/t23-,25-,31-,32+,40+/m1/s1. The molecule has 5 atom stereocenters. The van der Waals surface area contributed by atoms with Crippen molar-refractivity contribution in [1.82, 2.24) is 34.7 Å². The van der Waals surface area contributed by atoms with E-state index < -0.39 is 28.6 Å². The molecule has 278 valence electrons. The first-order chi connectivity index (χ1) is 26.1. The summed E-state index contributed by atoms with van der Waals surface area (Å²) in [4.78, 5) is 41.9. The van der Waals surface area contributed by atoms with Gasteiger partial charge in [-0.25, -0.2) is 13.2 Å². The second kappa shape index (κ2) is 14.3. The van der Waals surface area contributed by atoms with Gasteiger partial charge in [0.2, 0.25) is 5.91 Å². The van der Waals surface area contributed by atoms with Gasteiger partial charge in [0.25, 0.3) is 0 Å². The summed E-state index contributed by atoms with van der Waals surface area (Å²) in [6.45, 7) is 3.73. The lowest BCUT2D eigenvalue weighted by Crippen LogP contribution is -2.46. The molecular formula is C40H39F3N8O2S. The third-order valence-electron chi connectivity index (χ3n) is 11.4. The van der Waals surface area contributed by atoms with Gasteiger partial charge in [-0.2, -0.15) is 22.6 Å². The summed E-state index contributed by atoms with van der Waals surface area (Å²) < 4.78 is 52.9. The van der Waals surface area contributed by atoms with Crippen molar-refractivity contribution in [1.29, 1.82) is 0 Å². The Labute approximate surface area is 316 Å². The first-order valence-electron chi connectivity index (χ1n) is 18.1. The SMILES string of the molecule is C#Cc1c(F)ccc2cccc(-c3ncc4c(N(C)[C@@H]5CCN(C(=O)[C@@H](S)Cc6cnccn6)[C@@H]5C)nc(OC[C@@]56CCCN5C[C@H](F)C6)nc4c3F)c12. The average molecular weight is 753 g/mol. The van der Waals surface area contributed by atoms with Gasteiger partial charge >= 0.3 is 6.01 Å². The third-order valence-corrected chi connectivity index (χ3v) is 11.8. The van der Waals surface area contributed by atoms with E-state index in [4.69, 9.17) is 16.1 Å². The van der Waals surface area contributed by atoms with E-state index in [1.54, 1.807) is 47.8 Å². The van der Waals surface area contributed by atoms with Crippen LogP contribution in [0.1, 0.15) is 43.9 Å². The molecule has 0 bridgehead atoms. The zero-order valence-corrected chi connectivity index (χ0v) is 30.8. The predicted octanol–water partition coefficient (Wildman–Crippen LogP) is 5.82. The number of pyridine rings is 1. The second-order valence-corrected chi connectivity index (χ2v) is 15.1. The van der Waals surface area contributed by atoms with E-state index in [0.29, 0.717) is 65.6 Å². The maximum Gasteiger partial charge on any atom is 0.319 e. The molecule has 6 heterocycles. The molecule has 8 rings (SSSR count). The molecule has 54 heavy (non-hydrogen) atoms. The summed E-state index contributed by atoms with van der Waals surface area (Å²) in [5.41, 5.74) is 0.408. The minimum Gasteiger partial charge on any atom is -0.461 e. The lowest BCUT2D eigenvalue weighted by atomic mass is 9.95. The highest BCUT2D eigenvalue weighted by atomic mass is 32.1. The summed E-state index contributed by atoms with van der Waals surface area (Å²) in [6.07, 6.45) is 14.1. The Morgan fingerprint density at radius 1 is 1.17 bits per heavy atom. The number of anilines is 1. The topological polar surface area (TPSA) is 100 Å². The number of fused-ring (bicyclic) bond motifs is 3. The fourth-order valence-corrected chi connectivity index (χ4v) is 9.04. The molecule has 3 aliphatic heterocycles. The summed E-state index contributed by atoms with van der Waals surface area (Å²) >= 11 is 4.63. The number of carbonyl (C=O) groups is 1. The normalized spacial score (nSPS) is 23.1. The van der Waals surface area contributed by atoms with Gasteiger partial charge < -0.3 is 14.5 Å². The quantitative estimate of drug-likeness (QED) is 0.148. The van der Waals surface area contributed by atoms with E-state index in [2.05, 4.69) is 43.4 Å². The number of thiol groups is 1. The third kappa shape index (κ3) is 6.26. The Balaban J connectivity index is 1.17. The van der Waals surface area contributed by atoms with Gasteiger partial charge in [0, 0.05) is 74.8 Å². The number of aromatic nitrogens is 5. The highest BCUT2D eigenvalue weighted by molar-refractivity contribution is 7.81. The van der Waals surface area contributed by atoms with Crippen LogP contribution in [0.25, 0.3) is 32.9 Å². The maximum atomic E-state index is 17.0. The van der Waals surface area contributed by atoms with Crippen molar-refractivity contribution in [3.8, 4) is 29.6 Å². The summed E-state index contributed by atoms with van der Waals surface area (Å²) in [5, 5.41) is 0.707. The molecule has 2 aromatic carbocycles. The van der Waals surface area contributed by atoms with E-state index in [1.165, 1.54) is 12.3 Å². The van der Waals surface area contributed by atoms with Gasteiger partial charge in [-0.1, -0.05) is 30.2 Å². The van der Waals surface area contributed by atoms with Gasteiger partial charge in [-0.15, -0.1) is 6.42 Å². The van der Waals surface area contributed by atoms with Crippen LogP contribution in [0.4, 0.5) is 19.0 Å². The van der Waals surface area contributed by atoms with Crippen LogP contribution in [0.3, 0.4) is 0 Å². The minimum atomic E-state index is -0.954. The van der Waals surface area contributed by atoms with Crippen LogP contribution in [-0.2, 0) is 11.2 Å². The minimum absolute atomic E-state index is 0.00843. The largest absolute Gasteiger partial charge is 0.461 e. The number of nitrogens with zero attached hydrogens (tertiary/aromatic N) is 8. The van der Waals surface area contributed by atoms with E-state index in [-0.39, 0.29) is 47.4 Å². The van der Waals surface area contributed by atoms with Crippen molar-refractivity contribution >= 4 is 46.0 Å². The summed E-state index contributed by atoms with van der Waals surface area (Å²) in [7, 11) is 1.85. The molecule has 0 spiro atoms. The first-order valence-corrected chi connectivity index (χ1v) is 18.6. The number of likely N-dealkylation sites (tertiary alicyclic amines) is 1. The Hall–Kier alpha value is -5.00. The fraction of sp³-hybridized carbons (Fsp3) is 0.400. The van der Waals surface area contributed by atoms with Crippen molar-refractivity contribution in [3.05, 3.63) is 78.0 Å². The number of alkyl halides is 1. The molecule has 0 radical (unpaired) electrons. The summed E-state index contributed by atoms with van der Waals surface area (Å²) in [6, 6.07) is 7.50. The molecule has 0 N–H and O–H groups in total. The zero-order valence-electron chi connectivity index (χ0n) is 29.9. The molecule has 0 aliphatic carbocycles. The molecule has 0 saturated carbocycles. The number of benzene rings is 2. The number of rotatable bonds is 9. The number of carbonyl (C=O) groups excluding carboxylic acids is 1. The average Bonchev–Trinajstić information content (AvgIpc) is 3.85. The van der Waals surface area contributed by atoms with Crippen LogP contribution in [0.2, 0.25) is 0 Å². The van der Waals surface area contributed by atoms with Crippen LogP contribution in [-0.4, -0.2) is 103 Å². The smallest absolute Gasteiger partial charge is 0.319 e. The highest BCUT2D eigenvalue weighted by Gasteiger charge is 2.49. The Morgan fingerprint density at radius 2 is 2.02 bits per heavy atom. The van der Waals surface area contributed by atoms with Crippen LogP contribution in [0, 0.1) is 24.0 Å². The van der Waals surface area contributed by atoms with Gasteiger partial charge in [-0.05, 0) is 44.2 Å². The lowest BCUT2D eigenvalue weighted by Gasteiger charge is -2.33. The van der Waals surface area contributed by atoms with Crippen LogP contribution in [0.15, 0.2) is 55.1 Å². The number of halogens is 3. The number of likely N-dealkylation sites (N-methyl/N-ethyl adjacent to an activating group) is 1. The molecule has 1 amide bonds. The van der Waals surface area contributed by atoms with Crippen LogP contribution in [0.5, 0.6) is 6.01 Å². The van der Waals surface area contributed by atoms with Crippen molar-refractivity contribution in [2.75, 3.05) is 38.2 Å². The molecule has 3 aliphatic rings. The number of amides is 1. The number of hydrogen-bond donors (Lipinski definition) is 1. The van der Waals surface area contributed by atoms with Crippen molar-refractivity contribution in [3.63, 3.8) is 0 Å². The van der Waals surface area contributed by atoms with E-state index in [1.807, 2.05) is 18.9 Å². The van der Waals surface area contributed by atoms with E-state index in [0.717, 1.165) is 19.4 Å². The Kier molecular flexibility index (Phi) is 9.56. The van der Waals surface area contributed by atoms with Gasteiger partial charge in [0.05, 0.1) is 33.5 Å². The molecule has 3 saturated heterocycles. The van der Waals surface area contributed by atoms with Crippen molar-refractivity contribution < 1.29 is 22.7 Å². The van der Waals surface area contributed by atoms with Gasteiger partial charge in [0.15, 0.2) is 5.82 Å². The summed E-state index contributed by atoms with van der Waals surface area (Å²) in [5.74, 6) is 1.31. The first kappa shape index (κ1) is 36.0. The second-order valence-electron chi connectivity index (χ2n) is 14.5. The van der Waals surface area contributed by atoms with E-state index in [9.17, 15) is 13.6 Å². The van der Waals surface area contributed by atoms with E-state index >= 15 is 4.39 Å². The van der Waals surface area contributed by atoms with Crippen LogP contribution >= 0.6 is 12.6 Å². The predicted molar refractivity (Wildman–Crippen MR) is 203 cm³/mol. The number of terminal acetylenes is 1. The Morgan fingerprint density at radius 3 is 2.81 bits per heavy atom. The maximum absolute atomic E-state index is 17.0. The van der Waals surface area contributed by atoms with Crippen molar-refractivity contribution in [2.45, 2.75) is 68.1 Å². The zero-order chi connectivity index (χ0) is 37.7. The lowest BCUT2D eigenvalue weighted by molar-refractivity contribution is -0.131. The molecule has 10 nitrogen and oxygen atoms in total. The molecule has 0 unspecified atom stereocenters. The van der Waals surface area contributed by atoms with Crippen LogP contribution < -0.4 is 9.64 Å². The number of ether oxygens (including phenoxy) is 1. The monoisotopic (exact) mass is 752 g/mol. The molecule has 14 heteroatoms. The molecule has 5 aromatic rings. The molecule has 3 fully saturated rings. The Bertz CT molecular complexity index is 2290. The van der Waals surface area contributed by atoms with Crippen molar-refractivity contribution in [2.24, 2.45) is 0 Å². The molecule has 3 aromatic heterocycles. The molecular weight excluding hydrogens is 714 g/mol. The van der Waals surface area contributed by atoms with Gasteiger partial charge in [0.1, 0.15) is 35.6 Å². The number of hydrogen-bond acceptors (Lipinski definition) is 10.